The normalized spacial score (nSPS) is 24.5. The number of carbonyl (C=O) groups excluding carboxylic acids is 1. The van der Waals surface area contributed by atoms with E-state index in [1.54, 1.807) is 6.07 Å². The van der Waals surface area contributed by atoms with E-state index in [4.69, 9.17) is 10.7 Å². The van der Waals surface area contributed by atoms with E-state index >= 15 is 0 Å². The Kier molecular flexibility index (Phi) is 5.33. The van der Waals surface area contributed by atoms with Crippen molar-refractivity contribution in [3.63, 3.8) is 0 Å². The van der Waals surface area contributed by atoms with Crippen molar-refractivity contribution in [3.8, 4) is 0 Å². The molecule has 0 bridgehead atoms. The van der Waals surface area contributed by atoms with Crippen LogP contribution in [0.3, 0.4) is 0 Å². The predicted molar refractivity (Wildman–Crippen MR) is 85.0 cm³/mol. The molecule has 1 unspecified atom stereocenters. The van der Waals surface area contributed by atoms with Crippen LogP contribution in [-0.2, 0) is 13.8 Å². The smallest absolute Gasteiger partial charge is 0.270 e. The molecule has 0 spiro atoms. The third kappa shape index (κ3) is 4.44. The third-order valence-electron chi connectivity index (χ3n) is 4.01. The molecule has 2 rings (SSSR count). The summed E-state index contributed by atoms with van der Waals surface area (Å²) in [6.45, 7) is 4.08. The van der Waals surface area contributed by atoms with Crippen LogP contribution >= 0.6 is 22.0 Å². The second-order valence-electron chi connectivity index (χ2n) is 5.78. The third-order valence-corrected chi connectivity index (χ3v) is 7.38. The number of amides is 1. The van der Waals surface area contributed by atoms with E-state index in [1.807, 2.05) is 6.92 Å². The van der Waals surface area contributed by atoms with Gasteiger partial charge in [-0.2, -0.15) is 0 Å². The second-order valence-corrected chi connectivity index (χ2v) is 9.69. The zero-order chi connectivity index (χ0) is 15.6. The fourth-order valence-electron chi connectivity index (χ4n) is 2.62. The van der Waals surface area contributed by atoms with E-state index < -0.39 is 9.05 Å². The highest BCUT2D eigenvalue weighted by atomic mass is 35.7. The first-order valence-electron chi connectivity index (χ1n) is 7.12. The maximum absolute atomic E-state index is 12.2. The van der Waals surface area contributed by atoms with Crippen molar-refractivity contribution in [2.45, 2.75) is 49.8 Å². The topological polar surface area (TPSA) is 63.2 Å². The van der Waals surface area contributed by atoms with E-state index in [9.17, 15) is 13.2 Å². The molecule has 1 atom stereocenters. The van der Waals surface area contributed by atoms with Crippen molar-refractivity contribution in [2.24, 2.45) is 11.8 Å². The van der Waals surface area contributed by atoms with Crippen LogP contribution in [-0.4, -0.2) is 14.3 Å². The van der Waals surface area contributed by atoms with Crippen molar-refractivity contribution < 1.29 is 13.2 Å². The lowest BCUT2D eigenvalue weighted by atomic mass is 9.82. The van der Waals surface area contributed by atoms with Crippen molar-refractivity contribution in [2.75, 3.05) is 0 Å². The largest absolute Gasteiger partial charge is 0.349 e. The van der Waals surface area contributed by atoms with Crippen molar-refractivity contribution in [3.05, 3.63) is 17.0 Å². The summed E-state index contributed by atoms with van der Waals surface area (Å²) < 4.78 is 22.6. The molecule has 1 aromatic heterocycles. The van der Waals surface area contributed by atoms with E-state index in [-0.39, 0.29) is 22.1 Å². The van der Waals surface area contributed by atoms with Crippen LogP contribution in [0.25, 0.3) is 0 Å². The Bertz CT molecular complexity index is 603. The van der Waals surface area contributed by atoms with Crippen molar-refractivity contribution in [1.29, 1.82) is 0 Å². The Hall–Kier alpha value is -0.590. The summed E-state index contributed by atoms with van der Waals surface area (Å²) in [6.07, 6.45) is 4.07. The van der Waals surface area contributed by atoms with Crippen LogP contribution in [0.5, 0.6) is 0 Å². The molecular weight excluding hydrogens is 330 g/mol. The lowest BCUT2D eigenvalue weighted by Gasteiger charge is -2.26. The van der Waals surface area contributed by atoms with Gasteiger partial charge in [-0.25, -0.2) is 8.42 Å². The standard InChI is InChI=1S/C14H20ClNO3S2/c1-9-3-5-11(6-4-9)14(17)16-10(2)12-7-8-13(20-12)21(15,18)19/h7-11H,3-6H2,1-2H3,(H,16,17). The highest BCUT2D eigenvalue weighted by Gasteiger charge is 2.26. The van der Waals surface area contributed by atoms with E-state index in [0.29, 0.717) is 5.92 Å². The number of rotatable bonds is 4. The maximum atomic E-state index is 12.2. The fraction of sp³-hybridized carbons (Fsp3) is 0.643. The first-order chi connectivity index (χ1) is 9.77. The molecule has 1 amide bonds. The second kappa shape index (κ2) is 6.67. The molecule has 0 radical (unpaired) electrons. The molecule has 1 fully saturated rings. The molecule has 1 heterocycles. The Morgan fingerprint density at radius 2 is 1.95 bits per heavy atom. The van der Waals surface area contributed by atoms with Gasteiger partial charge in [0, 0.05) is 21.5 Å². The van der Waals surface area contributed by atoms with Gasteiger partial charge in [-0.3, -0.25) is 4.79 Å². The number of hydrogen-bond acceptors (Lipinski definition) is 4. The zero-order valence-corrected chi connectivity index (χ0v) is 14.5. The zero-order valence-electron chi connectivity index (χ0n) is 12.1. The Labute approximate surface area is 134 Å². The molecule has 118 valence electrons. The van der Waals surface area contributed by atoms with Gasteiger partial charge in [-0.1, -0.05) is 6.92 Å². The van der Waals surface area contributed by atoms with Gasteiger partial charge in [-0.05, 0) is 50.7 Å². The fourth-order valence-corrected chi connectivity index (χ4v) is 4.72. The van der Waals surface area contributed by atoms with Gasteiger partial charge in [0.1, 0.15) is 4.21 Å². The summed E-state index contributed by atoms with van der Waals surface area (Å²) >= 11 is 1.10. The quantitative estimate of drug-likeness (QED) is 0.843. The van der Waals surface area contributed by atoms with Crippen LogP contribution in [0, 0.1) is 11.8 Å². The number of thiophene rings is 1. The molecule has 1 aliphatic carbocycles. The predicted octanol–water partition coefficient (Wildman–Crippen LogP) is 3.68. The van der Waals surface area contributed by atoms with Gasteiger partial charge in [0.15, 0.2) is 0 Å². The molecule has 0 aromatic carbocycles. The monoisotopic (exact) mass is 349 g/mol. The highest BCUT2D eigenvalue weighted by molar-refractivity contribution is 8.15. The minimum atomic E-state index is -3.69. The average molecular weight is 350 g/mol. The highest BCUT2D eigenvalue weighted by Crippen LogP contribution is 2.31. The molecule has 4 nitrogen and oxygen atoms in total. The van der Waals surface area contributed by atoms with Crippen molar-refractivity contribution >= 4 is 37.0 Å². The van der Waals surface area contributed by atoms with Gasteiger partial charge < -0.3 is 5.32 Å². The SMILES string of the molecule is CC1CCC(C(=O)NC(C)c2ccc(S(=O)(=O)Cl)s2)CC1. The number of hydrogen-bond donors (Lipinski definition) is 1. The molecule has 0 saturated heterocycles. The molecule has 7 heteroatoms. The summed E-state index contributed by atoms with van der Waals surface area (Å²) in [4.78, 5) is 13.0. The Balaban J connectivity index is 1.96. The minimum absolute atomic E-state index is 0.0677. The van der Waals surface area contributed by atoms with E-state index in [0.717, 1.165) is 41.9 Å². The summed E-state index contributed by atoms with van der Waals surface area (Å²) in [5.74, 6) is 0.859. The molecule has 21 heavy (non-hydrogen) atoms. The maximum Gasteiger partial charge on any atom is 0.270 e. The number of carbonyl (C=O) groups is 1. The van der Waals surface area contributed by atoms with Gasteiger partial charge in [-0.15, -0.1) is 11.3 Å². The average Bonchev–Trinajstić information content (AvgIpc) is 2.88. The first-order valence-corrected chi connectivity index (χ1v) is 10.2. The lowest BCUT2D eigenvalue weighted by Crippen LogP contribution is -2.34. The molecule has 1 aliphatic rings. The van der Waals surface area contributed by atoms with Crippen LogP contribution in [0.4, 0.5) is 0 Å². The summed E-state index contributed by atoms with van der Waals surface area (Å²) in [6, 6.07) is 2.98. The number of nitrogens with one attached hydrogen (secondary N) is 1. The van der Waals surface area contributed by atoms with Crippen LogP contribution in [0.1, 0.15) is 50.4 Å². The summed E-state index contributed by atoms with van der Waals surface area (Å²) in [5.41, 5.74) is 0. The van der Waals surface area contributed by atoms with Crippen LogP contribution < -0.4 is 5.32 Å². The molecular formula is C14H20ClNO3S2. The van der Waals surface area contributed by atoms with Gasteiger partial charge in [0.25, 0.3) is 9.05 Å². The molecule has 1 N–H and O–H groups in total. The minimum Gasteiger partial charge on any atom is -0.349 e. The van der Waals surface area contributed by atoms with Crippen LogP contribution in [0.2, 0.25) is 0 Å². The molecule has 1 aromatic rings. The van der Waals surface area contributed by atoms with Gasteiger partial charge >= 0.3 is 0 Å². The number of halogens is 1. The first kappa shape index (κ1) is 16.8. The lowest BCUT2D eigenvalue weighted by molar-refractivity contribution is -0.126. The van der Waals surface area contributed by atoms with E-state index in [2.05, 4.69) is 12.2 Å². The van der Waals surface area contributed by atoms with E-state index in [1.165, 1.54) is 6.07 Å². The Morgan fingerprint density at radius 3 is 2.48 bits per heavy atom. The molecule has 1 saturated carbocycles. The van der Waals surface area contributed by atoms with Crippen molar-refractivity contribution in [1.82, 2.24) is 5.32 Å². The van der Waals surface area contributed by atoms with Crippen LogP contribution in [0.15, 0.2) is 16.3 Å². The van der Waals surface area contributed by atoms with Gasteiger partial charge in [0.2, 0.25) is 5.91 Å². The molecule has 0 aliphatic heterocycles. The summed E-state index contributed by atoms with van der Waals surface area (Å²) in [5, 5.41) is 2.98. The summed E-state index contributed by atoms with van der Waals surface area (Å²) in [7, 11) is 1.62. The Morgan fingerprint density at radius 1 is 1.33 bits per heavy atom. The van der Waals surface area contributed by atoms with Gasteiger partial charge in [0.05, 0.1) is 6.04 Å².